The summed E-state index contributed by atoms with van der Waals surface area (Å²) in [6.07, 6.45) is 6.26. The van der Waals surface area contributed by atoms with E-state index in [1.165, 1.54) is 5.56 Å². The summed E-state index contributed by atoms with van der Waals surface area (Å²) in [5, 5.41) is 3.79. The third-order valence-corrected chi connectivity index (χ3v) is 3.91. The summed E-state index contributed by atoms with van der Waals surface area (Å²) in [7, 11) is 0. The van der Waals surface area contributed by atoms with Gasteiger partial charge in [-0.25, -0.2) is 0 Å². The summed E-state index contributed by atoms with van der Waals surface area (Å²) >= 11 is 12.9. The van der Waals surface area contributed by atoms with Gasteiger partial charge in [-0.2, -0.15) is 0 Å². The van der Waals surface area contributed by atoms with Gasteiger partial charge in [0.1, 0.15) is 0 Å². The molecule has 80 valence electrons. The number of halogens is 2. The van der Waals surface area contributed by atoms with E-state index in [1.54, 1.807) is 0 Å². The molecule has 0 saturated heterocycles. The molecular formula is C14H10Cl2. The maximum atomic E-state index is 6.44. The van der Waals surface area contributed by atoms with E-state index in [-0.39, 0.29) is 0 Å². The van der Waals surface area contributed by atoms with Crippen LogP contribution in [0.25, 0.3) is 16.8 Å². The smallest absolute Gasteiger partial charge is 0.0560 e. The Morgan fingerprint density at radius 2 is 1.62 bits per heavy atom. The molecule has 0 unspecified atom stereocenters. The van der Waals surface area contributed by atoms with Gasteiger partial charge in [-0.1, -0.05) is 59.6 Å². The Balaban J connectivity index is 2.50. The maximum absolute atomic E-state index is 6.44. The Bertz CT molecular complexity index is 597. The highest BCUT2D eigenvalue weighted by Crippen LogP contribution is 2.39. The molecule has 2 heteroatoms. The molecule has 1 aliphatic carbocycles. The van der Waals surface area contributed by atoms with E-state index in [1.807, 2.05) is 24.3 Å². The van der Waals surface area contributed by atoms with Gasteiger partial charge in [0.15, 0.2) is 0 Å². The molecule has 0 aliphatic heterocycles. The number of benzene rings is 2. The summed E-state index contributed by atoms with van der Waals surface area (Å²) in [5.41, 5.74) is 2.28. The Hall–Kier alpha value is -0.980. The monoisotopic (exact) mass is 248 g/mol. The van der Waals surface area contributed by atoms with Crippen molar-refractivity contribution in [1.29, 1.82) is 0 Å². The zero-order valence-corrected chi connectivity index (χ0v) is 10.1. The third kappa shape index (κ3) is 1.37. The summed E-state index contributed by atoms with van der Waals surface area (Å²) < 4.78 is 0. The van der Waals surface area contributed by atoms with E-state index >= 15 is 0 Å². The van der Waals surface area contributed by atoms with Crippen molar-refractivity contribution in [2.45, 2.75) is 12.8 Å². The summed E-state index contributed by atoms with van der Waals surface area (Å²) in [6, 6.07) is 8.04. The largest absolute Gasteiger partial charge is 0.0835 e. The van der Waals surface area contributed by atoms with E-state index in [4.69, 9.17) is 23.2 Å². The number of fused-ring (bicyclic) bond motifs is 2. The van der Waals surface area contributed by atoms with E-state index < -0.39 is 0 Å². The zero-order valence-electron chi connectivity index (χ0n) is 8.63. The SMILES string of the molecule is Clc1c2c(c(Cl)c3ccccc13)CCC=C2. The van der Waals surface area contributed by atoms with Crippen LogP contribution in [-0.4, -0.2) is 0 Å². The minimum atomic E-state index is 0.825. The summed E-state index contributed by atoms with van der Waals surface area (Å²) in [6.45, 7) is 0. The van der Waals surface area contributed by atoms with Gasteiger partial charge in [0, 0.05) is 10.8 Å². The van der Waals surface area contributed by atoms with Crippen molar-refractivity contribution >= 4 is 40.1 Å². The fraction of sp³-hybridized carbons (Fsp3) is 0.143. The molecule has 0 spiro atoms. The molecule has 0 nitrogen and oxygen atoms in total. The Labute approximate surface area is 104 Å². The molecule has 0 aromatic heterocycles. The minimum absolute atomic E-state index is 0.825. The Morgan fingerprint density at radius 3 is 2.38 bits per heavy atom. The van der Waals surface area contributed by atoms with Gasteiger partial charge >= 0.3 is 0 Å². The highest BCUT2D eigenvalue weighted by atomic mass is 35.5. The van der Waals surface area contributed by atoms with Crippen LogP contribution in [0.15, 0.2) is 30.3 Å². The lowest BCUT2D eigenvalue weighted by Gasteiger charge is -2.16. The average Bonchev–Trinajstić information content (AvgIpc) is 2.36. The van der Waals surface area contributed by atoms with Gasteiger partial charge < -0.3 is 0 Å². The Kier molecular flexibility index (Phi) is 2.42. The van der Waals surface area contributed by atoms with Crippen molar-refractivity contribution in [3.05, 3.63) is 51.5 Å². The highest BCUT2D eigenvalue weighted by molar-refractivity contribution is 6.42. The van der Waals surface area contributed by atoms with Crippen LogP contribution in [0.5, 0.6) is 0 Å². The van der Waals surface area contributed by atoms with Gasteiger partial charge in [0.05, 0.1) is 10.0 Å². The molecule has 0 heterocycles. The number of hydrogen-bond donors (Lipinski definition) is 0. The average molecular weight is 249 g/mol. The van der Waals surface area contributed by atoms with E-state index in [2.05, 4.69) is 12.2 Å². The molecule has 0 bridgehead atoms. The summed E-state index contributed by atoms with van der Waals surface area (Å²) in [4.78, 5) is 0. The van der Waals surface area contributed by atoms with Crippen LogP contribution in [0.3, 0.4) is 0 Å². The lowest BCUT2D eigenvalue weighted by atomic mass is 9.93. The number of allylic oxidation sites excluding steroid dienone is 1. The predicted octanol–water partition coefficient (Wildman–Crippen LogP) is 5.11. The maximum Gasteiger partial charge on any atom is 0.0560 e. The minimum Gasteiger partial charge on any atom is -0.0835 e. The van der Waals surface area contributed by atoms with Crippen LogP contribution in [0.2, 0.25) is 10.0 Å². The van der Waals surface area contributed by atoms with Crippen LogP contribution >= 0.6 is 23.2 Å². The zero-order chi connectivity index (χ0) is 11.1. The first kappa shape index (κ1) is 10.2. The second-order valence-electron chi connectivity index (χ2n) is 4.01. The van der Waals surface area contributed by atoms with Crippen LogP contribution in [-0.2, 0) is 6.42 Å². The van der Waals surface area contributed by atoms with Crippen molar-refractivity contribution in [2.75, 3.05) is 0 Å². The van der Waals surface area contributed by atoms with Crippen LogP contribution in [0, 0.1) is 0 Å². The first-order valence-electron chi connectivity index (χ1n) is 5.34. The van der Waals surface area contributed by atoms with Gasteiger partial charge in [-0.3, -0.25) is 0 Å². The van der Waals surface area contributed by atoms with E-state index in [9.17, 15) is 0 Å². The van der Waals surface area contributed by atoms with Gasteiger partial charge in [-0.15, -0.1) is 0 Å². The van der Waals surface area contributed by atoms with E-state index in [0.717, 1.165) is 39.2 Å². The second-order valence-corrected chi connectivity index (χ2v) is 4.76. The second kappa shape index (κ2) is 3.80. The fourth-order valence-electron chi connectivity index (χ4n) is 2.27. The normalized spacial score (nSPS) is 14.1. The first-order chi connectivity index (χ1) is 7.79. The third-order valence-electron chi connectivity index (χ3n) is 3.07. The number of rotatable bonds is 0. The fourth-order valence-corrected chi connectivity index (χ4v) is 2.97. The lowest BCUT2D eigenvalue weighted by molar-refractivity contribution is 0.989. The molecule has 0 radical (unpaired) electrons. The van der Waals surface area contributed by atoms with Gasteiger partial charge in [0.2, 0.25) is 0 Å². The molecule has 0 N–H and O–H groups in total. The summed E-state index contributed by atoms with van der Waals surface area (Å²) in [5.74, 6) is 0. The predicted molar refractivity (Wildman–Crippen MR) is 71.3 cm³/mol. The van der Waals surface area contributed by atoms with E-state index in [0.29, 0.717) is 0 Å². The first-order valence-corrected chi connectivity index (χ1v) is 6.10. The molecule has 16 heavy (non-hydrogen) atoms. The molecule has 1 aliphatic rings. The van der Waals surface area contributed by atoms with Crippen molar-refractivity contribution in [1.82, 2.24) is 0 Å². The molecule has 0 amide bonds. The molecule has 3 rings (SSSR count). The number of hydrogen-bond acceptors (Lipinski definition) is 0. The molecule has 2 aromatic carbocycles. The Morgan fingerprint density at radius 1 is 0.938 bits per heavy atom. The lowest BCUT2D eigenvalue weighted by Crippen LogP contribution is -1.97. The quantitative estimate of drug-likeness (QED) is 0.608. The van der Waals surface area contributed by atoms with Crippen molar-refractivity contribution < 1.29 is 0 Å². The standard InChI is InChI=1S/C14H10Cl2/c15-13-9-5-1-2-6-10(9)14(16)12-8-4-3-7-11(12)13/h1-3,5-7H,4,8H2. The molecule has 0 fully saturated rings. The highest BCUT2D eigenvalue weighted by Gasteiger charge is 2.16. The molecule has 0 atom stereocenters. The van der Waals surface area contributed by atoms with Crippen LogP contribution in [0.1, 0.15) is 17.5 Å². The van der Waals surface area contributed by atoms with Crippen molar-refractivity contribution in [3.8, 4) is 0 Å². The topological polar surface area (TPSA) is 0 Å². The van der Waals surface area contributed by atoms with Crippen LogP contribution < -0.4 is 0 Å². The molecular weight excluding hydrogens is 239 g/mol. The van der Waals surface area contributed by atoms with Crippen molar-refractivity contribution in [2.24, 2.45) is 0 Å². The van der Waals surface area contributed by atoms with Crippen molar-refractivity contribution in [3.63, 3.8) is 0 Å². The molecule has 0 saturated carbocycles. The van der Waals surface area contributed by atoms with Crippen LogP contribution in [0.4, 0.5) is 0 Å². The van der Waals surface area contributed by atoms with Gasteiger partial charge in [-0.05, 0) is 24.0 Å². The molecule has 2 aromatic rings. The van der Waals surface area contributed by atoms with Gasteiger partial charge in [0.25, 0.3) is 0 Å².